The molecule has 2 aliphatic rings. The van der Waals surface area contributed by atoms with Gasteiger partial charge in [-0.2, -0.15) is 0 Å². The molecule has 0 radical (unpaired) electrons. The molecule has 98 valence electrons. The highest BCUT2D eigenvalue weighted by atomic mass is 16.5. The van der Waals surface area contributed by atoms with Gasteiger partial charge < -0.3 is 19.5 Å². The van der Waals surface area contributed by atoms with Gasteiger partial charge in [0.05, 0.1) is 13.2 Å². The zero-order valence-corrected chi connectivity index (χ0v) is 10.8. The van der Waals surface area contributed by atoms with Crippen LogP contribution in [0.2, 0.25) is 0 Å². The van der Waals surface area contributed by atoms with Crippen LogP contribution in [0.25, 0.3) is 0 Å². The summed E-state index contributed by atoms with van der Waals surface area (Å²) in [6, 6.07) is 5.63. The Kier molecular flexibility index (Phi) is 2.72. The normalized spacial score (nSPS) is 31.2. The maximum atomic E-state index is 10.3. The van der Waals surface area contributed by atoms with Crippen molar-refractivity contribution in [2.75, 3.05) is 27.2 Å². The van der Waals surface area contributed by atoms with Gasteiger partial charge in [-0.1, -0.05) is 0 Å². The first-order valence-electron chi connectivity index (χ1n) is 6.35. The third-order valence-corrected chi connectivity index (χ3v) is 3.98. The lowest BCUT2D eigenvalue weighted by Gasteiger charge is -2.38. The minimum atomic E-state index is -0.439. The van der Waals surface area contributed by atoms with Crippen LogP contribution in [0.3, 0.4) is 0 Å². The first-order valence-corrected chi connectivity index (χ1v) is 6.35. The number of hydrogen-bond donors (Lipinski definition) is 1. The second-order valence-electron chi connectivity index (χ2n) is 5.40. The average Bonchev–Trinajstić information content (AvgIpc) is 2.69. The van der Waals surface area contributed by atoms with Gasteiger partial charge in [0.1, 0.15) is 17.1 Å². The molecule has 4 nitrogen and oxygen atoms in total. The third kappa shape index (κ3) is 1.85. The maximum absolute atomic E-state index is 10.3. The van der Waals surface area contributed by atoms with Gasteiger partial charge in [0.25, 0.3) is 0 Å². The molecule has 0 amide bonds. The Labute approximate surface area is 107 Å². The summed E-state index contributed by atoms with van der Waals surface area (Å²) in [5.74, 6) is 1.53. The van der Waals surface area contributed by atoms with Gasteiger partial charge in [0.15, 0.2) is 0 Å². The first-order chi connectivity index (χ1) is 8.62. The molecule has 0 aliphatic carbocycles. The van der Waals surface area contributed by atoms with Gasteiger partial charge in [-0.3, -0.25) is 0 Å². The maximum Gasteiger partial charge on any atom is 0.129 e. The lowest BCUT2D eigenvalue weighted by molar-refractivity contribution is -0.00594. The highest BCUT2D eigenvalue weighted by Gasteiger charge is 2.44. The number of aliphatic hydroxyl groups is 1. The molecule has 1 saturated heterocycles. The SMILES string of the molecule is COc1ccc2c(c1)OC1(CCN(C)C1)CC2O. The van der Waals surface area contributed by atoms with Crippen molar-refractivity contribution < 1.29 is 14.6 Å². The van der Waals surface area contributed by atoms with Crippen molar-refractivity contribution in [3.8, 4) is 11.5 Å². The van der Waals surface area contributed by atoms with Crippen molar-refractivity contribution in [1.29, 1.82) is 0 Å². The summed E-state index contributed by atoms with van der Waals surface area (Å²) >= 11 is 0. The number of rotatable bonds is 1. The summed E-state index contributed by atoms with van der Waals surface area (Å²) in [4.78, 5) is 2.25. The van der Waals surface area contributed by atoms with Crippen molar-refractivity contribution in [2.45, 2.75) is 24.5 Å². The largest absolute Gasteiger partial charge is 0.497 e. The van der Waals surface area contributed by atoms with Crippen molar-refractivity contribution in [1.82, 2.24) is 4.90 Å². The monoisotopic (exact) mass is 249 g/mol. The van der Waals surface area contributed by atoms with Crippen LogP contribution < -0.4 is 9.47 Å². The van der Waals surface area contributed by atoms with Crippen LogP contribution >= 0.6 is 0 Å². The van der Waals surface area contributed by atoms with Crippen molar-refractivity contribution in [2.24, 2.45) is 0 Å². The highest BCUT2D eigenvalue weighted by molar-refractivity contribution is 5.44. The second-order valence-corrected chi connectivity index (χ2v) is 5.40. The Hall–Kier alpha value is -1.26. The van der Waals surface area contributed by atoms with Crippen LogP contribution in [0, 0.1) is 0 Å². The summed E-state index contributed by atoms with van der Waals surface area (Å²) < 4.78 is 11.4. The van der Waals surface area contributed by atoms with E-state index < -0.39 is 6.10 Å². The Morgan fingerprint density at radius 2 is 2.33 bits per heavy atom. The molecule has 2 atom stereocenters. The zero-order valence-electron chi connectivity index (χ0n) is 10.8. The van der Waals surface area contributed by atoms with Crippen LogP contribution in [-0.2, 0) is 0 Å². The molecule has 0 aromatic heterocycles. The molecule has 1 aromatic rings. The van der Waals surface area contributed by atoms with E-state index >= 15 is 0 Å². The number of nitrogens with zero attached hydrogens (tertiary/aromatic N) is 1. The van der Waals surface area contributed by atoms with E-state index in [1.807, 2.05) is 18.2 Å². The van der Waals surface area contributed by atoms with E-state index in [1.165, 1.54) is 0 Å². The quantitative estimate of drug-likeness (QED) is 0.820. The highest BCUT2D eigenvalue weighted by Crippen LogP contribution is 2.44. The standard InChI is InChI=1S/C14H19NO3/c1-15-6-5-14(9-15)8-12(16)11-4-3-10(17-2)7-13(11)18-14/h3-4,7,12,16H,5-6,8-9H2,1-2H3. The molecule has 3 rings (SSSR count). The lowest BCUT2D eigenvalue weighted by Crippen LogP contribution is -2.43. The van der Waals surface area contributed by atoms with Gasteiger partial charge >= 0.3 is 0 Å². The third-order valence-electron chi connectivity index (χ3n) is 3.98. The Bertz CT molecular complexity index is 462. The lowest BCUT2D eigenvalue weighted by atomic mass is 9.88. The van der Waals surface area contributed by atoms with E-state index in [-0.39, 0.29) is 5.60 Å². The van der Waals surface area contributed by atoms with Crippen LogP contribution in [0.5, 0.6) is 11.5 Å². The first kappa shape index (κ1) is 11.8. The minimum absolute atomic E-state index is 0.229. The van der Waals surface area contributed by atoms with Gasteiger partial charge in [0, 0.05) is 37.6 Å². The molecule has 18 heavy (non-hydrogen) atoms. The number of likely N-dealkylation sites (tertiary alicyclic amines) is 1. The predicted molar refractivity (Wildman–Crippen MR) is 68.0 cm³/mol. The Morgan fingerprint density at radius 1 is 1.50 bits per heavy atom. The number of benzene rings is 1. The Balaban J connectivity index is 1.95. The van der Waals surface area contributed by atoms with Crippen molar-refractivity contribution >= 4 is 0 Å². The topological polar surface area (TPSA) is 41.9 Å². The van der Waals surface area contributed by atoms with E-state index in [4.69, 9.17) is 9.47 Å². The molecule has 0 saturated carbocycles. The minimum Gasteiger partial charge on any atom is -0.497 e. The molecular weight excluding hydrogens is 230 g/mol. The number of likely N-dealkylation sites (N-methyl/N-ethyl adjacent to an activating group) is 1. The molecule has 4 heteroatoms. The van der Waals surface area contributed by atoms with Crippen LogP contribution in [0.1, 0.15) is 24.5 Å². The molecule has 1 N–H and O–H groups in total. The molecule has 1 fully saturated rings. The molecular formula is C14H19NO3. The van der Waals surface area contributed by atoms with Crippen LogP contribution in [-0.4, -0.2) is 42.9 Å². The molecule has 2 unspecified atom stereocenters. The summed E-state index contributed by atoms with van der Waals surface area (Å²) in [6.07, 6.45) is 1.21. The smallest absolute Gasteiger partial charge is 0.129 e. The predicted octanol–water partition coefficient (Wildman–Crippen LogP) is 1.59. The fourth-order valence-corrected chi connectivity index (χ4v) is 3.04. The van der Waals surface area contributed by atoms with Crippen molar-refractivity contribution in [3.05, 3.63) is 23.8 Å². The van der Waals surface area contributed by atoms with Gasteiger partial charge in [0.2, 0.25) is 0 Å². The molecule has 1 aromatic carbocycles. The summed E-state index contributed by atoms with van der Waals surface area (Å²) in [5, 5.41) is 10.3. The summed E-state index contributed by atoms with van der Waals surface area (Å²) in [6.45, 7) is 1.90. The van der Waals surface area contributed by atoms with E-state index in [2.05, 4.69) is 11.9 Å². The van der Waals surface area contributed by atoms with Crippen LogP contribution in [0.4, 0.5) is 0 Å². The van der Waals surface area contributed by atoms with Crippen LogP contribution in [0.15, 0.2) is 18.2 Å². The molecule has 2 heterocycles. The fraction of sp³-hybridized carbons (Fsp3) is 0.571. The van der Waals surface area contributed by atoms with Gasteiger partial charge in [-0.25, -0.2) is 0 Å². The zero-order chi connectivity index (χ0) is 12.8. The van der Waals surface area contributed by atoms with Gasteiger partial charge in [-0.05, 0) is 19.2 Å². The number of hydrogen-bond acceptors (Lipinski definition) is 4. The second kappa shape index (κ2) is 4.14. The van der Waals surface area contributed by atoms with E-state index in [0.29, 0.717) is 6.42 Å². The van der Waals surface area contributed by atoms with Crippen molar-refractivity contribution in [3.63, 3.8) is 0 Å². The number of ether oxygens (including phenoxy) is 2. The Morgan fingerprint density at radius 3 is 3.00 bits per heavy atom. The van der Waals surface area contributed by atoms with E-state index in [1.54, 1.807) is 7.11 Å². The number of aliphatic hydroxyl groups excluding tert-OH is 1. The number of fused-ring (bicyclic) bond motifs is 1. The summed E-state index contributed by atoms with van der Waals surface area (Å²) in [7, 11) is 3.73. The van der Waals surface area contributed by atoms with E-state index in [0.717, 1.165) is 36.6 Å². The molecule has 1 spiro atoms. The summed E-state index contributed by atoms with van der Waals surface area (Å²) in [5.41, 5.74) is 0.643. The molecule has 2 aliphatic heterocycles. The van der Waals surface area contributed by atoms with Gasteiger partial charge in [-0.15, -0.1) is 0 Å². The number of methoxy groups -OCH3 is 1. The average molecular weight is 249 g/mol. The fourth-order valence-electron chi connectivity index (χ4n) is 3.04. The van der Waals surface area contributed by atoms with E-state index in [9.17, 15) is 5.11 Å². The molecule has 0 bridgehead atoms.